The molecule has 1 amide bonds. The Bertz CT molecular complexity index is 1240. The predicted molar refractivity (Wildman–Crippen MR) is 108 cm³/mol. The van der Waals surface area contributed by atoms with Crippen LogP contribution in [0.1, 0.15) is 15.2 Å². The van der Waals surface area contributed by atoms with Crippen LogP contribution in [0.3, 0.4) is 0 Å². The van der Waals surface area contributed by atoms with E-state index in [-0.39, 0.29) is 48.4 Å². The summed E-state index contributed by atoms with van der Waals surface area (Å²) in [7, 11) is -3.81. The van der Waals surface area contributed by atoms with Gasteiger partial charge in [-0.1, -0.05) is 12.1 Å². The first-order chi connectivity index (χ1) is 13.9. The van der Waals surface area contributed by atoms with Gasteiger partial charge in [0.1, 0.15) is 11.9 Å². The molecule has 1 fully saturated rings. The largest absolute Gasteiger partial charge is 0.335 e. The molecule has 1 saturated heterocycles. The highest BCUT2D eigenvalue weighted by molar-refractivity contribution is 7.89. The number of hydrogen-bond acceptors (Lipinski definition) is 5. The van der Waals surface area contributed by atoms with Crippen LogP contribution in [0.25, 0.3) is 10.1 Å². The maximum Gasteiger partial charge on any atom is 0.264 e. The summed E-state index contributed by atoms with van der Waals surface area (Å²) in [6, 6.07) is 14.0. The molecule has 0 spiro atoms. The minimum absolute atomic E-state index is 0.0196. The monoisotopic (exact) mass is 429 g/mol. The van der Waals surface area contributed by atoms with E-state index in [1.54, 1.807) is 29.2 Å². The summed E-state index contributed by atoms with van der Waals surface area (Å²) in [4.78, 5) is 14.9. The zero-order chi connectivity index (χ0) is 20.6. The van der Waals surface area contributed by atoms with Crippen LogP contribution in [0, 0.1) is 17.1 Å². The summed E-state index contributed by atoms with van der Waals surface area (Å²) in [5.41, 5.74) is 0.100. The average Bonchev–Trinajstić information content (AvgIpc) is 3.16. The number of carbonyl (C=O) groups excluding carboxylic acids is 1. The summed E-state index contributed by atoms with van der Waals surface area (Å²) >= 11 is 1.29. The summed E-state index contributed by atoms with van der Waals surface area (Å²) in [6.45, 7) is 0.783. The number of rotatable bonds is 3. The Balaban J connectivity index is 1.50. The van der Waals surface area contributed by atoms with E-state index in [2.05, 4.69) is 0 Å². The van der Waals surface area contributed by atoms with Gasteiger partial charge in [0.2, 0.25) is 10.0 Å². The van der Waals surface area contributed by atoms with Gasteiger partial charge in [0.05, 0.1) is 15.3 Å². The molecule has 0 saturated carbocycles. The van der Waals surface area contributed by atoms with E-state index in [1.165, 1.54) is 39.9 Å². The maximum atomic E-state index is 13.4. The molecule has 1 aromatic heterocycles. The number of piperazine rings is 1. The maximum absolute atomic E-state index is 13.4. The van der Waals surface area contributed by atoms with Gasteiger partial charge in [-0.3, -0.25) is 4.79 Å². The number of nitrogens with zero attached hydrogens (tertiary/aromatic N) is 3. The van der Waals surface area contributed by atoms with Gasteiger partial charge in [-0.15, -0.1) is 11.3 Å². The molecule has 0 aliphatic carbocycles. The second kappa shape index (κ2) is 7.55. The molecule has 1 aliphatic rings. The lowest BCUT2D eigenvalue weighted by Crippen LogP contribution is -2.50. The Morgan fingerprint density at radius 3 is 2.52 bits per heavy atom. The third kappa shape index (κ3) is 3.62. The number of thiophene rings is 1. The van der Waals surface area contributed by atoms with Crippen molar-refractivity contribution in [2.75, 3.05) is 26.2 Å². The number of hydrogen-bond donors (Lipinski definition) is 0. The highest BCUT2D eigenvalue weighted by Crippen LogP contribution is 2.28. The molecule has 1 aliphatic heterocycles. The molecule has 0 radical (unpaired) electrons. The summed E-state index contributed by atoms with van der Waals surface area (Å²) in [5, 5.41) is 9.86. The van der Waals surface area contributed by atoms with Crippen LogP contribution in [0.2, 0.25) is 0 Å². The van der Waals surface area contributed by atoms with Crippen molar-refractivity contribution < 1.29 is 17.6 Å². The number of halogens is 1. The van der Waals surface area contributed by atoms with Crippen molar-refractivity contribution in [1.29, 1.82) is 5.26 Å². The lowest BCUT2D eigenvalue weighted by Gasteiger charge is -2.33. The smallest absolute Gasteiger partial charge is 0.264 e. The molecule has 0 bridgehead atoms. The highest BCUT2D eigenvalue weighted by Gasteiger charge is 2.32. The van der Waals surface area contributed by atoms with Gasteiger partial charge in [0, 0.05) is 30.9 Å². The Kier molecular flexibility index (Phi) is 5.08. The lowest BCUT2D eigenvalue weighted by molar-refractivity contribution is 0.0703. The fraction of sp³-hybridized carbons (Fsp3) is 0.200. The van der Waals surface area contributed by atoms with Crippen LogP contribution in [0.15, 0.2) is 53.4 Å². The predicted octanol–water partition coefficient (Wildman–Crippen LogP) is 3.06. The molecular weight excluding hydrogens is 413 g/mol. The van der Waals surface area contributed by atoms with Crippen molar-refractivity contribution in [3.63, 3.8) is 0 Å². The molecule has 0 unspecified atom stereocenters. The number of amides is 1. The van der Waals surface area contributed by atoms with Gasteiger partial charge >= 0.3 is 0 Å². The first kappa shape index (κ1) is 19.5. The molecule has 148 valence electrons. The minimum atomic E-state index is -3.81. The number of sulfonamides is 1. The summed E-state index contributed by atoms with van der Waals surface area (Å²) in [6.07, 6.45) is 0. The fourth-order valence-corrected chi connectivity index (χ4v) is 5.91. The number of benzene rings is 2. The summed E-state index contributed by atoms with van der Waals surface area (Å²) in [5.74, 6) is -0.549. The number of carbonyl (C=O) groups is 1. The quantitative estimate of drug-likeness (QED) is 0.641. The first-order valence-corrected chi connectivity index (χ1v) is 11.1. The highest BCUT2D eigenvalue weighted by atomic mass is 32.2. The van der Waals surface area contributed by atoms with Gasteiger partial charge in [-0.05, 0) is 41.8 Å². The molecule has 9 heteroatoms. The fourth-order valence-electron chi connectivity index (χ4n) is 3.33. The van der Waals surface area contributed by atoms with Crippen LogP contribution >= 0.6 is 11.3 Å². The Morgan fingerprint density at radius 1 is 1.07 bits per heavy atom. The van der Waals surface area contributed by atoms with Crippen LogP contribution in [-0.4, -0.2) is 49.7 Å². The van der Waals surface area contributed by atoms with Gasteiger partial charge in [0.25, 0.3) is 5.91 Å². The molecule has 0 N–H and O–H groups in total. The standard InChI is InChI=1S/C20H16FN3O3S2/c21-16-5-6-17-15(11-16)12-18(28-17)20(25)23-7-9-24(10-8-23)29(26,27)19-4-2-1-3-14(19)13-22/h1-6,11-12H,7-10H2. The molecule has 6 nitrogen and oxygen atoms in total. The Hall–Kier alpha value is -2.80. The molecule has 4 rings (SSSR count). The van der Waals surface area contributed by atoms with E-state index in [9.17, 15) is 22.9 Å². The van der Waals surface area contributed by atoms with E-state index in [1.807, 2.05) is 6.07 Å². The zero-order valence-electron chi connectivity index (χ0n) is 15.2. The van der Waals surface area contributed by atoms with Crippen molar-refractivity contribution in [1.82, 2.24) is 9.21 Å². The first-order valence-electron chi connectivity index (χ1n) is 8.88. The van der Waals surface area contributed by atoms with E-state index in [4.69, 9.17) is 0 Å². The van der Waals surface area contributed by atoms with E-state index < -0.39 is 10.0 Å². The number of fused-ring (bicyclic) bond motifs is 1. The average molecular weight is 429 g/mol. The lowest BCUT2D eigenvalue weighted by atomic mass is 10.2. The van der Waals surface area contributed by atoms with E-state index in [0.717, 1.165) is 4.70 Å². The van der Waals surface area contributed by atoms with Crippen molar-refractivity contribution >= 4 is 37.4 Å². The second-order valence-electron chi connectivity index (χ2n) is 6.60. The molecule has 2 heterocycles. The third-order valence-electron chi connectivity index (χ3n) is 4.84. The van der Waals surface area contributed by atoms with Gasteiger partial charge in [-0.2, -0.15) is 9.57 Å². The van der Waals surface area contributed by atoms with Crippen LogP contribution in [-0.2, 0) is 10.0 Å². The second-order valence-corrected chi connectivity index (χ2v) is 9.59. The normalized spacial score (nSPS) is 15.4. The molecule has 29 heavy (non-hydrogen) atoms. The van der Waals surface area contributed by atoms with Gasteiger partial charge in [-0.25, -0.2) is 12.8 Å². The third-order valence-corrected chi connectivity index (χ3v) is 7.90. The molecule has 3 aromatic rings. The van der Waals surface area contributed by atoms with Crippen LogP contribution in [0.5, 0.6) is 0 Å². The Morgan fingerprint density at radius 2 is 1.79 bits per heavy atom. The van der Waals surface area contributed by atoms with Crippen LogP contribution < -0.4 is 0 Å². The Labute approximate surface area is 171 Å². The van der Waals surface area contributed by atoms with Crippen molar-refractivity contribution in [2.45, 2.75) is 4.90 Å². The van der Waals surface area contributed by atoms with Crippen molar-refractivity contribution in [3.05, 3.63) is 64.8 Å². The topological polar surface area (TPSA) is 81.5 Å². The number of nitriles is 1. The van der Waals surface area contributed by atoms with Crippen molar-refractivity contribution in [3.8, 4) is 6.07 Å². The SMILES string of the molecule is N#Cc1ccccc1S(=O)(=O)N1CCN(C(=O)c2cc3cc(F)ccc3s2)CC1. The summed E-state index contributed by atoms with van der Waals surface area (Å²) < 4.78 is 41.3. The van der Waals surface area contributed by atoms with E-state index in [0.29, 0.717) is 10.3 Å². The molecule has 0 atom stereocenters. The minimum Gasteiger partial charge on any atom is -0.335 e. The van der Waals surface area contributed by atoms with E-state index >= 15 is 0 Å². The molecule has 2 aromatic carbocycles. The molecular formula is C20H16FN3O3S2. The van der Waals surface area contributed by atoms with Gasteiger partial charge in [0.15, 0.2) is 0 Å². The van der Waals surface area contributed by atoms with Crippen molar-refractivity contribution in [2.24, 2.45) is 0 Å². The van der Waals surface area contributed by atoms with Gasteiger partial charge < -0.3 is 4.90 Å². The van der Waals surface area contributed by atoms with Crippen LogP contribution in [0.4, 0.5) is 4.39 Å². The zero-order valence-corrected chi connectivity index (χ0v) is 16.8.